The maximum atomic E-state index is 12.1. The van der Waals surface area contributed by atoms with Gasteiger partial charge in [-0.05, 0) is 19.1 Å². The number of anilines is 1. The van der Waals surface area contributed by atoms with Gasteiger partial charge in [-0.1, -0.05) is 17.7 Å². The van der Waals surface area contributed by atoms with Crippen LogP contribution in [0.1, 0.15) is 29.1 Å². The first-order valence-electron chi connectivity index (χ1n) is 5.29. The molecular formula is C11H12ClN5O. The maximum Gasteiger partial charge on any atom is 0.255 e. The molecule has 18 heavy (non-hydrogen) atoms. The molecular weight excluding hydrogens is 254 g/mol. The van der Waals surface area contributed by atoms with Gasteiger partial charge in [0.25, 0.3) is 5.91 Å². The number of nitrogen functional groups attached to an aromatic ring is 1. The number of hydrogen-bond donors (Lipinski definition) is 3. The average Bonchev–Trinajstić information content (AvgIpc) is 2.81. The van der Waals surface area contributed by atoms with Crippen molar-refractivity contribution < 1.29 is 4.79 Å². The summed E-state index contributed by atoms with van der Waals surface area (Å²) in [6.07, 6.45) is 1.38. The van der Waals surface area contributed by atoms with E-state index in [1.165, 1.54) is 6.33 Å². The number of nitrogens with two attached hydrogens (primary N) is 1. The van der Waals surface area contributed by atoms with Crippen molar-refractivity contribution >= 4 is 23.2 Å². The Labute approximate surface area is 109 Å². The van der Waals surface area contributed by atoms with Crippen molar-refractivity contribution in [2.75, 3.05) is 5.73 Å². The van der Waals surface area contributed by atoms with Crippen LogP contribution in [0.15, 0.2) is 24.5 Å². The standard InChI is InChI=1S/C11H12ClN5O/c1-6(10-14-5-15-17-10)16-11(18)9-7(12)3-2-4-8(9)13/h2-6H,13H2,1H3,(H,16,18)(H,14,15,17). The molecule has 2 aromatic rings. The summed E-state index contributed by atoms with van der Waals surface area (Å²) in [6.45, 7) is 1.78. The molecule has 1 amide bonds. The van der Waals surface area contributed by atoms with Crippen molar-refractivity contribution in [3.63, 3.8) is 0 Å². The summed E-state index contributed by atoms with van der Waals surface area (Å²) in [5.74, 6) is 0.218. The van der Waals surface area contributed by atoms with Crippen molar-refractivity contribution in [1.82, 2.24) is 20.5 Å². The van der Waals surface area contributed by atoms with Gasteiger partial charge in [0.1, 0.15) is 12.2 Å². The number of nitrogens with one attached hydrogen (secondary N) is 2. The molecule has 0 radical (unpaired) electrons. The Bertz CT molecular complexity index is 534. The Morgan fingerprint density at radius 2 is 2.33 bits per heavy atom. The minimum atomic E-state index is -0.345. The van der Waals surface area contributed by atoms with Crippen LogP contribution in [-0.4, -0.2) is 21.1 Å². The lowest BCUT2D eigenvalue weighted by Crippen LogP contribution is -2.28. The average molecular weight is 266 g/mol. The molecule has 0 saturated heterocycles. The van der Waals surface area contributed by atoms with Gasteiger partial charge in [0.05, 0.1) is 16.6 Å². The number of aromatic nitrogens is 3. The lowest BCUT2D eigenvalue weighted by molar-refractivity contribution is 0.0939. The molecule has 1 aromatic carbocycles. The Morgan fingerprint density at radius 3 is 2.94 bits per heavy atom. The number of rotatable bonds is 3. The zero-order chi connectivity index (χ0) is 13.1. The predicted octanol–water partition coefficient (Wildman–Crippen LogP) is 1.53. The second-order valence-corrected chi connectivity index (χ2v) is 4.18. The van der Waals surface area contributed by atoms with Crippen LogP contribution in [0, 0.1) is 0 Å². The van der Waals surface area contributed by atoms with E-state index < -0.39 is 0 Å². The number of carbonyl (C=O) groups excluding carboxylic acids is 1. The van der Waals surface area contributed by atoms with E-state index in [1.807, 2.05) is 0 Å². The highest BCUT2D eigenvalue weighted by Crippen LogP contribution is 2.22. The monoisotopic (exact) mass is 265 g/mol. The lowest BCUT2D eigenvalue weighted by Gasteiger charge is -2.13. The van der Waals surface area contributed by atoms with Gasteiger partial charge in [-0.15, -0.1) is 0 Å². The van der Waals surface area contributed by atoms with Crippen LogP contribution < -0.4 is 11.1 Å². The fourth-order valence-corrected chi connectivity index (χ4v) is 1.81. The van der Waals surface area contributed by atoms with Crippen molar-refractivity contribution in [3.8, 4) is 0 Å². The molecule has 1 unspecified atom stereocenters. The predicted molar refractivity (Wildman–Crippen MR) is 68.1 cm³/mol. The van der Waals surface area contributed by atoms with Gasteiger partial charge in [-0.25, -0.2) is 4.98 Å². The van der Waals surface area contributed by atoms with Crippen LogP contribution in [0.5, 0.6) is 0 Å². The first-order valence-corrected chi connectivity index (χ1v) is 5.67. The molecule has 6 nitrogen and oxygen atoms in total. The molecule has 1 heterocycles. The zero-order valence-electron chi connectivity index (χ0n) is 9.64. The summed E-state index contributed by atoms with van der Waals surface area (Å²) in [5, 5.41) is 9.46. The van der Waals surface area contributed by atoms with Gasteiger partial charge in [0, 0.05) is 5.69 Å². The molecule has 0 aliphatic carbocycles. The van der Waals surface area contributed by atoms with E-state index >= 15 is 0 Å². The Kier molecular flexibility index (Phi) is 3.47. The summed E-state index contributed by atoms with van der Waals surface area (Å²) >= 11 is 5.96. The molecule has 4 N–H and O–H groups in total. The zero-order valence-corrected chi connectivity index (χ0v) is 10.4. The third-order valence-electron chi connectivity index (χ3n) is 2.46. The summed E-state index contributed by atoms with van der Waals surface area (Å²) in [4.78, 5) is 16.0. The van der Waals surface area contributed by atoms with Gasteiger partial charge in [0.15, 0.2) is 0 Å². The summed E-state index contributed by atoms with van der Waals surface area (Å²) in [5.41, 5.74) is 6.34. The molecule has 2 rings (SSSR count). The molecule has 0 fully saturated rings. The van der Waals surface area contributed by atoms with E-state index in [4.69, 9.17) is 17.3 Å². The Balaban J connectivity index is 2.18. The van der Waals surface area contributed by atoms with E-state index in [-0.39, 0.29) is 17.5 Å². The van der Waals surface area contributed by atoms with E-state index in [9.17, 15) is 4.79 Å². The normalized spacial score (nSPS) is 12.1. The van der Waals surface area contributed by atoms with Crippen molar-refractivity contribution in [1.29, 1.82) is 0 Å². The highest BCUT2D eigenvalue weighted by molar-refractivity contribution is 6.34. The molecule has 94 valence electrons. The molecule has 1 aromatic heterocycles. The largest absolute Gasteiger partial charge is 0.398 e. The highest BCUT2D eigenvalue weighted by atomic mass is 35.5. The molecule has 7 heteroatoms. The summed E-state index contributed by atoms with van der Waals surface area (Å²) < 4.78 is 0. The van der Waals surface area contributed by atoms with Crippen LogP contribution in [0.4, 0.5) is 5.69 Å². The van der Waals surface area contributed by atoms with Gasteiger partial charge in [-0.2, -0.15) is 5.10 Å². The number of amides is 1. The van der Waals surface area contributed by atoms with Crippen LogP contribution in [-0.2, 0) is 0 Å². The fourth-order valence-electron chi connectivity index (χ4n) is 1.54. The number of aromatic amines is 1. The molecule has 1 atom stereocenters. The minimum absolute atomic E-state index is 0.269. The van der Waals surface area contributed by atoms with E-state index in [0.29, 0.717) is 16.5 Å². The van der Waals surface area contributed by atoms with E-state index in [0.717, 1.165) is 0 Å². The number of carbonyl (C=O) groups is 1. The number of H-pyrrole nitrogens is 1. The second-order valence-electron chi connectivity index (χ2n) is 3.77. The second kappa shape index (κ2) is 5.05. The summed E-state index contributed by atoms with van der Waals surface area (Å²) in [6, 6.07) is 4.62. The molecule has 0 saturated carbocycles. The molecule has 0 bridgehead atoms. The first-order chi connectivity index (χ1) is 8.59. The first kappa shape index (κ1) is 12.4. The number of halogens is 1. The molecule has 0 spiro atoms. The number of hydrogen-bond acceptors (Lipinski definition) is 4. The smallest absolute Gasteiger partial charge is 0.255 e. The van der Waals surface area contributed by atoms with Crippen LogP contribution in [0.25, 0.3) is 0 Å². The highest BCUT2D eigenvalue weighted by Gasteiger charge is 2.17. The maximum absolute atomic E-state index is 12.1. The Hall–Kier alpha value is -2.08. The topological polar surface area (TPSA) is 96.7 Å². The van der Waals surface area contributed by atoms with Crippen LogP contribution >= 0.6 is 11.6 Å². The number of nitrogens with zero attached hydrogens (tertiary/aromatic N) is 2. The minimum Gasteiger partial charge on any atom is -0.398 e. The van der Waals surface area contributed by atoms with Gasteiger partial charge < -0.3 is 11.1 Å². The van der Waals surface area contributed by atoms with Gasteiger partial charge in [0.2, 0.25) is 0 Å². The van der Waals surface area contributed by atoms with Crippen LogP contribution in [0.3, 0.4) is 0 Å². The third-order valence-corrected chi connectivity index (χ3v) is 2.78. The van der Waals surface area contributed by atoms with Gasteiger partial charge >= 0.3 is 0 Å². The lowest BCUT2D eigenvalue weighted by atomic mass is 10.1. The molecule has 0 aliphatic rings. The van der Waals surface area contributed by atoms with Crippen molar-refractivity contribution in [2.45, 2.75) is 13.0 Å². The number of benzene rings is 1. The van der Waals surface area contributed by atoms with E-state index in [1.54, 1.807) is 25.1 Å². The Morgan fingerprint density at radius 1 is 1.56 bits per heavy atom. The third kappa shape index (κ3) is 2.43. The van der Waals surface area contributed by atoms with Crippen molar-refractivity contribution in [3.05, 3.63) is 40.9 Å². The quantitative estimate of drug-likeness (QED) is 0.733. The summed E-state index contributed by atoms with van der Waals surface area (Å²) in [7, 11) is 0. The van der Waals surface area contributed by atoms with Gasteiger partial charge in [-0.3, -0.25) is 9.89 Å². The van der Waals surface area contributed by atoms with E-state index in [2.05, 4.69) is 20.5 Å². The SMILES string of the molecule is CC(NC(=O)c1c(N)cccc1Cl)c1ncn[nH]1. The molecule has 0 aliphatic heterocycles. The van der Waals surface area contributed by atoms with Crippen molar-refractivity contribution in [2.24, 2.45) is 0 Å². The fraction of sp³-hybridized carbons (Fsp3) is 0.182. The van der Waals surface area contributed by atoms with Crippen LogP contribution in [0.2, 0.25) is 5.02 Å².